The molecule has 0 spiro atoms. The molecule has 0 atom stereocenters. The molecule has 0 aliphatic heterocycles. The molecule has 0 fully saturated rings. The fraction of sp³-hybridized carbons (Fsp3) is 0.333. The van der Waals surface area contributed by atoms with Crippen molar-refractivity contribution in [3.8, 4) is 0 Å². The van der Waals surface area contributed by atoms with E-state index >= 15 is 0 Å². The fourth-order valence-electron chi connectivity index (χ4n) is 1.89. The minimum absolute atomic E-state index is 0. The van der Waals surface area contributed by atoms with Gasteiger partial charge >= 0.3 is 5.97 Å². The lowest BCUT2D eigenvalue weighted by Gasteiger charge is -2.04. The van der Waals surface area contributed by atoms with Crippen molar-refractivity contribution >= 4 is 51.4 Å². The minimum atomic E-state index is -0.307. The predicted molar refractivity (Wildman–Crippen MR) is 92.2 cm³/mol. The third kappa shape index (κ3) is 4.69. The number of halogens is 1. The highest BCUT2D eigenvalue weighted by Gasteiger charge is 2.11. The monoisotopic (exact) mass is 342 g/mol. The Kier molecular flexibility index (Phi) is 7.31. The van der Waals surface area contributed by atoms with Crippen molar-refractivity contribution in [3.05, 3.63) is 29.1 Å². The summed E-state index contributed by atoms with van der Waals surface area (Å²) < 4.78 is 5.98. The number of benzene rings is 1. The van der Waals surface area contributed by atoms with E-state index in [1.165, 1.54) is 11.3 Å². The van der Waals surface area contributed by atoms with Crippen molar-refractivity contribution in [2.75, 3.05) is 25.5 Å². The van der Waals surface area contributed by atoms with E-state index in [1.807, 2.05) is 25.2 Å². The van der Waals surface area contributed by atoms with Gasteiger partial charge in [0.15, 0.2) is 0 Å². The molecule has 1 amide bonds. The second kappa shape index (κ2) is 8.73. The Morgan fingerprint density at radius 3 is 2.73 bits per heavy atom. The van der Waals surface area contributed by atoms with Gasteiger partial charge in [0.2, 0.25) is 5.91 Å². The molecule has 120 valence electrons. The molecule has 0 saturated heterocycles. The zero-order valence-corrected chi connectivity index (χ0v) is 14.1. The van der Waals surface area contributed by atoms with Crippen LogP contribution in [0.25, 0.3) is 10.1 Å². The number of ether oxygens (including phenoxy) is 1. The van der Waals surface area contributed by atoms with Crippen LogP contribution in [0.3, 0.4) is 0 Å². The van der Waals surface area contributed by atoms with Gasteiger partial charge in [0, 0.05) is 23.4 Å². The van der Waals surface area contributed by atoms with Crippen LogP contribution in [-0.4, -0.2) is 32.1 Å². The number of anilines is 1. The first-order chi connectivity index (χ1) is 10.1. The highest BCUT2D eigenvalue weighted by molar-refractivity contribution is 7.20. The van der Waals surface area contributed by atoms with Crippen molar-refractivity contribution in [3.63, 3.8) is 0 Å². The summed E-state index contributed by atoms with van der Waals surface area (Å²) in [6.45, 7) is 2.78. The van der Waals surface area contributed by atoms with Gasteiger partial charge in [-0.15, -0.1) is 23.7 Å². The molecule has 2 aromatic rings. The SMILES string of the molecule is CCOC(=O)c1cc2cc(NC(=O)CCNC)ccc2s1.Cl. The number of nitrogens with one attached hydrogen (secondary N) is 2. The van der Waals surface area contributed by atoms with Crippen LogP contribution in [0.5, 0.6) is 0 Å². The molecule has 0 bridgehead atoms. The molecule has 1 aromatic heterocycles. The van der Waals surface area contributed by atoms with Gasteiger partial charge < -0.3 is 15.4 Å². The highest BCUT2D eigenvalue weighted by atomic mass is 35.5. The molecule has 0 aliphatic rings. The molecule has 0 radical (unpaired) electrons. The number of hydrogen-bond donors (Lipinski definition) is 2. The van der Waals surface area contributed by atoms with Crippen LogP contribution in [-0.2, 0) is 9.53 Å². The lowest BCUT2D eigenvalue weighted by Crippen LogP contribution is -2.18. The molecular weight excluding hydrogens is 324 g/mol. The maximum Gasteiger partial charge on any atom is 0.348 e. The van der Waals surface area contributed by atoms with Crippen LogP contribution in [0.4, 0.5) is 5.69 Å². The van der Waals surface area contributed by atoms with Crippen molar-refractivity contribution in [2.45, 2.75) is 13.3 Å². The Morgan fingerprint density at radius 2 is 2.05 bits per heavy atom. The topological polar surface area (TPSA) is 67.4 Å². The first-order valence-electron chi connectivity index (χ1n) is 6.79. The smallest absolute Gasteiger partial charge is 0.348 e. The standard InChI is InChI=1S/C15H18N2O3S.ClH/c1-3-20-15(19)13-9-10-8-11(4-5-12(10)21-13)17-14(18)6-7-16-2;/h4-5,8-9,16H,3,6-7H2,1-2H3,(H,17,18);1H. The summed E-state index contributed by atoms with van der Waals surface area (Å²) in [5.74, 6) is -0.345. The van der Waals surface area contributed by atoms with Crippen LogP contribution in [0.1, 0.15) is 23.0 Å². The molecule has 5 nitrogen and oxygen atoms in total. The van der Waals surface area contributed by atoms with Crippen LogP contribution in [0, 0.1) is 0 Å². The molecule has 7 heteroatoms. The fourth-order valence-corrected chi connectivity index (χ4v) is 2.82. The van der Waals surface area contributed by atoms with Gasteiger partial charge in [0.25, 0.3) is 0 Å². The van der Waals surface area contributed by atoms with Crippen molar-refractivity contribution in [2.24, 2.45) is 0 Å². The summed E-state index contributed by atoms with van der Waals surface area (Å²) in [5, 5.41) is 6.70. The summed E-state index contributed by atoms with van der Waals surface area (Å²) in [5.41, 5.74) is 0.733. The van der Waals surface area contributed by atoms with Gasteiger partial charge in [-0.2, -0.15) is 0 Å². The van der Waals surface area contributed by atoms with Crippen molar-refractivity contribution < 1.29 is 14.3 Å². The molecule has 0 saturated carbocycles. The Morgan fingerprint density at radius 1 is 1.27 bits per heavy atom. The third-order valence-corrected chi connectivity index (χ3v) is 3.97. The number of fused-ring (bicyclic) bond motifs is 1. The van der Waals surface area contributed by atoms with Gasteiger partial charge in [0.05, 0.1) is 6.61 Å². The van der Waals surface area contributed by atoms with E-state index in [4.69, 9.17) is 4.74 Å². The normalized spacial score (nSPS) is 10.1. The molecule has 0 aliphatic carbocycles. The number of carbonyl (C=O) groups excluding carboxylic acids is 2. The van der Waals surface area contributed by atoms with Crippen LogP contribution >= 0.6 is 23.7 Å². The maximum atomic E-state index is 11.7. The van der Waals surface area contributed by atoms with Gasteiger partial charge in [-0.3, -0.25) is 4.79 Å². The molecule has 1 aromatic carbocycles. The molecule has 0 unspecified atom stereocenters. The zero-order valence-electron chi connectivity index (χ0n) is 12.5. The molecule has 2 N–H and O–H groups in total. The van der Waals surface area contributed by atoms with E-state index in [9.17, 15) is 9.59 Å². The van der Waals surface area contributed by atoms with Crippen LogP contribution in [0.15, 0.2) is 24.3 Å². The number of rotatable bonds is 6. The second-order valence-corrected chi connectivity index (χ2v) is 5.57. The van der Waals surface area contributed by atoms with E-state index in [0.717, 1.165) is 15.8 Å². The number of thiophene rings is 1. The maximum absolute atomic E-state index is 11.7. The largest absolute Gasteiger partial charge is 0.462 e. The first kappa shape index (κ1) is 18.4. The molecule has 1 heterocycles. The van der Waals surface area contributed by atoms with Gasteiger partial charge in [-0.05, 0) is 43.6 Å². The average Bonchev–Trinajstić information content (AvgIpc) is 2.88. The number of amides is 1. The van der Waals surface area contributed by atoms with Crippen molar-refractivity contribution in [1.29, 1.82) is 0 Å². The van der Waals surface area contributed by atoms with Crippen molar-refractivity contribution in [1.82, 2.24) is 5.32 Å². The van der Waals surface area contributed by atoms with E-state index in [-0.39, 0.29) is 24.3 Å². The molecule has 22 heavy (non-hydrogen) atoms. The molecule has 2 rings (SSSR count). The number of hydrogen-bond acceptors (Lipinski definition) is 5. The quantitative estimate of drug-likeness (QED) is 0.792. The van der Waals surface area contributed by atoms with E-state index in [0.29, 0.717) is 24.4 Å². The second-order valence-electron chi connectivity index (χ2n) is 4.49. The Labute approximate surface area is 139 Å². The van der Waals surface area contributed by atoms with Gasteiger partial charge in [-0.1, -0.05) is 0 Å². The third-order valence-electron chi connectivity index (χ3n) is 2.88. The first-order valence-corrected chi connectivity index (χ1v) is 7.61. The number of carbonyl (C=O) groups is 2. The summed E-state index contributed by atoms with van der Waals surface area (Å²) in [6.07, 6.45) is 0.423. The van der Waals surface area contributed by atoms with Crippen LogP contribution in [0.2, 0.25) is 0 Å². The van der Waals surface area contributed by atoms with E-state index in [2.05, 4.69) is 10.6 Å². The lowest BCUT2D eigenvalue weighted by molar-refractivity contribution is -0.116. The Balaban J connectivity index is 0.00000242. The molecular formula is C15H19ClN2O3S. The Hall–Kier alpha value is -1.63. The minimum Gasteiger partial charge on any atom is -0.462 e. The van der Waals surface area contributed by atoms with E-state index < -0.39 is 0 Å². The number of esters is 1. The van der Waals surface area contributed by atoms with Gasteiger partial charge in [0.1, 0.15) is 4.88 Å². The van der Waals surface area contributed by atoms with Crippen LogP contribution < -0.4 is 10.6 Å². The average molecular weight is 343 g/mol. The summed E-state index contributed by atoms with van der Waals surface area (Å²) >= 11 is 1.39. The Bertz CT molecular complexity index is 657. The highest BCUT2D eigenvalue weighted by Crippen LogP contribution is 2.28. The lowest BCUT2D eigenvalue weighted by atomic mass is 10.2. The summed E-state index contributed by atoms with van der Waals surface area (Å²) in [6, 6.07) is 7.40. The zero-order chi connectivity index (χ0) is 15.2. The summed E-state index contributed by atoms with van der Waals surface area (Å²) in [4.78, 5) is 24.0. The van der Waals surface area contributed by atoms with Gasteiger partial charge in [-0.25, -0.2) is 4.79 Å². The van der Waals surface area contributed by atoms with E-state index in [1.54, 1.807) is 13.0 Å². The predicted octanol–water partition coefficient (Wildman–Crippen LogP) is 3.05. The summed E-state index contributed by atoms with van der Waals surface area (Å²) in [7, 11) is 1.81.